The molecule has 1 rings (SSSR count). The first kappa shape index (κ1) is 15.8. The first-order chi connectivity index (χ1) is 8.35. The summed E-state index contributed by atoms with van der Waals surface area (Å²) in [6.07, 6.45) is 2.23. The zero-order valence-electron chi connectivity index (χ0n) is 10.4. The zero-order valence-corrected chi connectivity index (χ0v) is 12.8. The van der Waals surface area contributed by atoms with Gasteiger partial charge in [0, 0.05) is 33.7 Å². The Morgan fingerprint density at radius 3 is 2.72 bits per heavy atom. The Labute approximate surface area is 114 Å². The van der Waals surface area contributed by atoms with E-state index in [-0.39, 0.29) is 10.3 Å². The highest BCUT2D eigenvalue weighted by Crippen LogP contribution is 2.21. The highest BCUT2D eigenvalue weighted by atomic mass is 32.2. The van der Waals surface area contributed by atoms with Crippen LogP contribution in [0.2, 0.25) is 0 Å². The van der Waals surface area contributed by atoms with Crippen LogP contribution in [-0.4, -0.2) is 37.2 Å². The number of sulfonamides is 1. The molecule has 0 aliphatic heterocycles. The fourth-order valence-corrected chi connectivity index (χ4v) is 5.01. The highest BCUT2D eigenvalue weighted by Gasteiger charge is 2.19. The number of rotatable bonds is 7. The largest absolute Gasteiger partial charge is 0.330 e. The third-order valence-electron chi connectivity index (χ3n) is 2.13. The molecule has 1 heterocycles. The Bertz CT molecular complexity index is 510. The van der Waals surface area contributed by atoms with Crippen molar-refractivity contribution in [2.45, 2.75) is 23.6 Å². The lowest BCUT2D eigenvalue weighted by molar-refractivity contribution is 0.572. The molecule has 0 bridgehead atoms. The summed E-state index contributed by atoms with van der Waals surface area (Å²) in [5.41, 5.74) is 5.42. The van der Waals surface area contributed by atoms with Crippen molar-refractivity contribution in [3.63, 3.8) is 0 Å². The number of nitrogens with one attached hydrogen (secondary N) is 1. The molecule has 2 unspecified atom stereocenters. The van der Waals surface area contributed by atoms with Gasteiger partial charge in [0.1, 0.15) is 4.21 Å². The summed E-state index contributed by atoms with van der Waals surface area (Å²) in [4.78, 5) is 0.949. The van der Waals surface area contributed by atoms with Crippen LogP contribution in [0, 0.1) is 0 Å². The molecule has 0 aliphatic carbocycles. The van der Waals surface area contributed by atoms with Crippen LogP contribution >= 0.6 is 11.3 Å². The molecule has 1 aromatic heterocycles. The summed E-state index contributed by atoms with van der Waals surface area (Å²) in [6.45, 7) is 2.20. The molecule has 0 radical (unpaired) electrons. The van der Waals surface area contributed by atoms with Crippen LogP contribution < -0.4 is 10.5 Å². The van der Waals surface area contributed by atoms with Crippen molar-refractivity contribution in [3.8, 4) is 0 Å². The van der Waals surface area contributed by atoms with Gasteiger partial charge in [0.2, 0.25) is 10.0 Å². The average Bonchev–Trinajstić information content (AvgIpc) is 2.65. The molecule has 5 nitrogen and oxygen atoms in total. The molecule has 0 aromatic carbocycles. The maximum atomic E-state index is 12.0. The molecular formula is C10H18N2O3S3. The highest BCUT2D eigenvalue weighted by molar-refractivity contribution is 7.91. The molecule has 0 saturated heterocycles. The fraction of sp³-hybridized carbons (Fsp3) is 0.600. The van der Waals surface area contributed by atoms with E-state index >= 15 is 0 Å². The Balaban J connectivity index is 2.76. The van der Waals surface area contributed by atoms with E-state index in [0.717, 1.165) is 4.88 Å². The molecule has 2 atom stereocenters. The third-order valence-corrected chi connectivity index (χ3v) is 6.33. The van der Waals surface area contributed by atoms with E-state index in [1.165, 1.54) is 11.3 Å². The minimum Gasteiger partial charge on any atom is -0.330 e. The second-order valence-electron chi connectivity index (χ2n) is 4.02. The smallest absolute Gasteiger partial charge is 0.250 e. The van der Waals surface area contributed by atoms with Crippen molar-refractivity contribution in [1.82, 2.24) is 4.72 Å². The summed E-state index contributed by atoms with van der Waals surface area (Å²) >= 11 is 1.22. The zero-order chi connectivity index (χ0) is 13.8. The second kappa shape index (κ2) is 6.76. The minimum absolute atomic E-state index is 0.277. The van der Waals surface area contributed by atoms with Crippen LogP contribution in [0.1, 0.15) is 11.8 Å². The van der Waals surface area contributed by atoms with Gasteiger partial charge in [0.25, 0.3) is 0 Å². The summed E-state index contributed by atoms with van der Waals surface area (Å²) in [5.74, 6) is 0.306. The van der Waals surface area contributed by atoms with Gasteiger partial charge in [-0.25, -0.2) is 13.1 Å². The predicted molar refractivity (Wildman–Crippen MR) is 75.8 cm³/mol. The van der Waals surface area contributed by atoms with E-state index in [4.69, 9.17) is 5.73 Å². The molecule has 0 saturated carbocycles. The van der Waals surface area contributed by atoms with Gasteiger partial charge in [-0.3, -0.25) is 4.21 Å². The normalized spacial score (nSPS) is 15.5. The maximum absolute atomic E-state index is 12.0. The molecule has 0 fully saturated rings. The summed E-state index contributed by atoms with van der Waals surface area (Å²) in [5, 5.41) is 0. The topological polar surface area (TPSA) is 89.3 Å². The van der Waals surface area contributed by atoms with Crippen LogP contribution in [-0.2, 0) is 27.2 Å². The lowest BCUT2D eigenvalue weighted by Crippen LogP contribution is -2.35. The van der Waals surface area contributed by atoms with Crippen molar-refractivity contribution >= 4 is 32.2 Å². The minimum atomic E-state index is -3.51. The summed E-state index contributed by atoms with van der Waals surface area (Å²) < 4.78 is 37.8. The molecule has 18 heavy (non-hydrogen) atoms. The average molecular weight is 310 g/mol. The van der Waals surface area contributed by atoms with Gasteiger partial charge in [0.15, 0.2) is 0 Å². The molecule has 0 aliphatic rings. The first-order valence-corrected chi connectivity index (χ1v) is 9.49. The Morgan fingerprint density at radius 2 is 2.17 bits per heavy atom. The SMILES string of the molecule is CC(CS(C)=O)NS(=O)(=O)c1ccc(CCN)s1. The number of nitrogens with two attached hydrogens (primary N) is 1. The summed E-state index contributed by atoms with van der Waals surface area (Å²) in [7, 11) is -4.53. The maximum Gasteiger partial charge on any atom is 0.250 e. The van der Waals surface area contributed by atoms with Crippen LogP contribution in [0.3, 0.4) is 0 Å². The van der Waals surface area contributed by atoms with Gasteiger partial charge in [-0.2, -0.15) is 0 Å². The lowest BCUT2D eigenvalue weighted by Gasteiger charge is -2.11. The standard InChI is InChI=1S/C10H18N2O3S3/c1-8(7-17(2)13)12-18(14,15)10-4-3-9(16-10)5-6-11/h3-4,8,12H,5-7,11H2,1-2H3. The molecule has 0 spiro atoms. The second-order valence-corrected chi connectivity index (χ2v) is 8.61. The van der Waals surface area contributed by atoms with Gasteiger partial charge in [-0.15, -0.1) is 11.3 Å². The van der Waals surface area contributed by atoms with Crippen LogP contribution in [0.15, 0.2) is 16.3 Å². The first-order valence-electron chi connectivity index (χ1n) is 5.46. The number of hydrogen-bond donors (Lipinski definition) is 2. The van der Waals surface area contributed by atoms with Gasteiger partial charge < -0.3 is 5.73 Å². The predicted octanol–water partition coefficient (Wildman–Crippen LogP) is 0.295. The van der Waals surface area contributed by atoms with E-state index in [2.05, 4.69) is 4.72 Å². The van der Waals surface area contributed by atoms with Gasteiger partial charge in [-0.1, -0.05) is 0 Å². The van der Waals surface area contributed by atoms with Crippen molar-refractivity contribution in [3.05, 3.63) is 17.0 Å². The van der Waals surface area contributed by atoms with E-state index in [9.17, 15) is 12.6 Å². The Hall–Kier alpha value is -0.280. The van der Waals surface area contributed by atoms with E-state index in [1.54, 1.807) is 25.3 Å². The van der Waals surface area contributed by atoms with Gasteiger partial charge >= 0.3 is 0 Å². The van der Waals surface area contributed by atoms with Gasteiger partial charge in [0.05, 0.1) is 0 Å². The third kappa shape index (κ3) is 4.77. The van der Waals surface area contributed by atoms with Crippen LogP contribution in [0.5, 0.6) is 0 Å². The molecular weight excluding hydrogens is 292 g/mol. The Kier molecular flexibility index (Phi) is 5.93. The van der Waals surface area contributed by atoms with Crippen LogP contribution in [0.25, 0.3) is 0 Å². The Morgan fingerprint density at radius 1 is 1.50 bits per heavy atom. The molecule has 104 valence electrons. The lowest BCUT2D eigenvalue weighted by atomic mass is 10.3. The van der Waals surface area contributed by atoms with Crippen molar-refractivity contribution in [2.24, 2.45) is 5.73 Å². The number of hydrogen-bond acceptors (Lipinski definition) is 5. The van der Waals surface area contributed by atoms with E-state index < -0.39 is 20.8 Å². The summed E-state index contributed by atoms with van der Waals surface area (Å²) in [6, 6.07) is 3.00. The van der Waals surface area contributed by atoms with Crippen LogP contribution in [0.4, 0.5) is 0 Å². The fourth-order valence-electron chi connectivity index (χ4n) is 1.49. The van der Waals surface area contributed by atoms with E-state index in [1.807, 2.05) is 0 Å². The number of thiophene rings is 1. The van der Waals surface area contributed by atoms with Crippen molar-refractivity contribution in [1.29, 1.82) is 0 Å². The quantitative estimate of drug-likeness (QED) is 0.758. The van der Waals surface area contributed by atoms with Crippen molar-refractivity contribution in [2.75, 3.05) is 18.6 Å². The van der Waals surface area contributed by atoms with Gasteiger partial charge in [-0.05, 0) is 32.0 Å². The van der Waals surface area contributed by atoms with Crippen molar-refractivity contribution < 1.29 is 12.6 Å². The van der Waals surface area contributed by atoms with E-state index in [0.29, 0.717) is 18.7 Å². The molecule has 8 heteroatoms. The molecule has 1 aromatic rings. The molecule has 0 amide bonds. The molecule has 3 N–H and O–H groups in total. The monoisotopic (exact) mass is 310 g/mol.